The number of nitrogens with one attached hydrogen (secondary N) is 1. The van der Waals surface area contributed by atoms with E-state index < -0.39 is 28.3 Å². The predicted molar refractivity (Wildman–Crippen MR) is 165 cm³/mol. The van der Waals surface area contributed by atoms with Crippen LogP contribution in [-0.4, -0.2) is 50.6 Å². The maximum Gasteiger partial charge on any atom is 0.334 e. The van der Waals surface area contributed by atoms with E-state index in [9.17, 15) is 29.9 Å². The smallest absolute Gasteiger partial charge is 0.334 e. The minimum absolute atomic E-state index is 0.121. The van der Waals surface area contributed by atoms with E-state index in [1.807, 2.05) is 50.2 Å². The molecule has 3 aromatic rings. The first-order valence-electron chi connectivity index (χ1n) is 14.2. The van der Waals surface area contributed by atoms with Crippen molar-refractivity contribution in [3.8, 4) is 0 Å². The number of hydrogen-bond donors (Lipinski definition) is 3. The first kappa shape index (κ1) is 31.2. The number of carbonyl (C=O) groups is 2. The molecule has 3 N–H and O–H groups in total. The molecule has 1 aliphatic heterocycles. The largest absolute Gasteiger partial charge is 0.478 e. The highest BCUT2D eigenvalue weighted by atomic mass is 16.6. The Bertz CT molecular complexity index is 1490. The summed E-state index contributed by atoms with van der Waals surface area (Å²) in [4.78, 5) is 38.0. The van der Waals surface area contributed by atoms with Gasteiger partial charge in [0, 0.05) is 36.0 Å². The summed E-state index contributed by atoms with van der Waals surface area (Å²) < 4.78 is 0. The van der Waals surface area contributed by atoms with Gasteiger partial charge in [-0.3, -0.25) is 10.1 Å². The van der Waals surface area contributed by atoms with Crippen molar-refractivity contribution in [2.24, 2.45) is 0 Å². The molecule has 0 saturated heterocycles. The van der Waals surface area contributed by atoms with Crippen molar-refractivity contribution in [3.63, 3.8) is 0 Å². The van der Waals surface area contributed by atoms with Crippen LogP contribution in [0.5, 0.6) is 0 Å². The summed E-state index contributed by atoms with van der Waals surface area (Å²) in [6, 6.07) is 26.1. The third-order valence-electron chi connectivity index (χ3n) is 8.08. The van der Waals surface area contributed by atoms with Crippen LogP contribution in [0.2, 0.25) is 0 Å². The van der Waals surface area contributed by atoms with Crippen molar-refractivity contribution in [2.45, 2.75) is 51.5 Å². The lowest BCUT2D eigenvalue weighted by Gasteiger charge is -2.46. The molecule has 0 fully saturated rings. The second-order valence-corrected chi connectivity index (χ2v) is 11.4. The Labute approximate surface area is 251 Å². The molecule has 0 spiro atoms. The van der Waals surface area contributed by atoms with Gasteiger partial charge in [-0.1, -0.05) is 72.8 Å². The second kappa shape index (κ2) is 13.0. The number of hydrogen-bond acceptors (Lipinski definition) is 6. The molecule has 0 unspecified atom stereocenters. The van der Waals surface area contributed by atoms with E-state index >= 15 is 0 Å². The Morgan fingerprint density at radius 3 is 1.86 bits per heavy atom. The van der Waals surface area contributed by atoms with E-state index in [4.69, 9.17) is 0 Å². The number of rotatable bonds is 12. The molecule has 0 radical (unpaired) electrons. The third-order valence-corrected chi connectivity index (χ3v) is 8.08. The maximum atomic E-state index is 12.7. The van der Waals surface area contributed by atoms with Crippen LogP contribution in [0.15, 0.2) is 107 Å². The molecule has 224 valence electrons. The molecule has 43 heavy (non-hydrogen) atoms. The fraction of sp³-hybridized carbons (Fsp3) is 0.294. The Morgan fingerprint density at radius 2 is 1.40 bits per heavy atom. The minimum Gasteiger partial charge on any atom is -0.478 e. The van der Waals surface area contributed by atoms with Crippen LogP contribution in [0.3, 0.4) is 0 Å². The maximum absolute atomic E-state index is 12.7. The topological polar surface area (TPSA) is 133 Å². The van der Waals surface area contributed by atoms with Crippen LogP contribution < -0.4 is 5.32 Å². The summed E-state index contributed by atoms with van der Waals surface area (Å²) in [6.45, 7) is 8.32. The van der Waals surface area contributed by atoms with Crippen LogP contribution in [0.1, 0.15) is 62.6 Å². The number of benzene rings is 3. The quantitative estimate of drug-likeness (QED) is 0.129. The standard InChI is InChI=1S/C34H37N3O6/c1-22-29(32(38)39)31(26-16-11-17-27(20-26)37(42)43)30(33(40)41)23(2)36(22)34(3,4)21-35-19-18-28(24-12-7-5-8-13-24)25-14-9-6-10-15-25/h5-17,20,28,31,35H,18-19,21H2,1-4H3,(H,38,39)(H,40,41). The van der Waals surface area contributed by atoms with E-state index in [2.05, 4.69) is 29.6 Å². The highest BCUT2D eigenvalue weighted by Crippen LogP contribution is 2.45. The van der Waals surface area contributed by atoms with Crippen molar-refractivity contribution < 1.29 is 24.7 Å². The van der Waals surface area contributed by atoms with E-state index in [0.29, 0.717) is 24.5 Å². The molecule has 0 aliphatic carbocycles. The zero-order valence-corrected chi connectivity index (χ0v) is 24.8. The van der Waals surface area contributed by atoms with Crippen LogP contribution in [0.25, 0.3) is 0 Å². The molecule has 0 bridgehead atoms. The van der Waals surface area contributed by atoms with Gasteiger partial charge in [0.15, 0.2) is 0 Å². The normalized spacial score (nSPS) is 14.4. The van der Waals surface area contributed by atoms with Gasteiger partial charge in [0.1, 0.15) is 0 Å². The van der Waals surface area contributed by atoms with Gasteiger partial charge >= 0.3 is 11.9 Å². The van der Waals surface area contributed by atoms with Gasteiger partial charge in [-0.25, -0.2) is 9.59 Å². The molecule has 1 aliphatic rings. The molecule has 0 saturated carbocycles. The van der Waals surface area contributed by atoms with Crippen LogP contribution >= 0.6 is 0 Å². The Hall–Kier alpha value is -4.76. The van der Waals surface area contributed by atoms with Gasteiger partial charge in [-0.05, 0) is 57.4 Å². The Balaban J connectivity index is 1.62. The first-order chi connectivity index (χ1) is 20.4. The number of carboxylic acid groups (broad SMARTS) is 2. The van der Waals surface area contributed by atoms with Gasteiger partial charge < -0.3 is 20.4 Å². The molecular formula is C34H37N3O6. The summed E-state index contributed by atoms with van der Waals surface area (Å²) in [5, 5.41) is 35.6. The van der Waals surface area contributed by atoms with E-state index in [0.717, 1.165) is 6.42 Å². The molecular weight excluding hydrogens is 546 g/mol. The van der Waals surface area contributed by atoms with Gasteiger partial charge in [0.25, 0.3) is 5.69 Å². The van der Waals surface area contributed by atoms with Gasteiger partial charge in [0.2, 0.25) is 0 Å². The SMILES string of the molecule is CC1=C(C(=O)O)C(c2cccc([N+](=O)[O-])c2)C(C(=O)O)=C(C)N1C(C)(C)CNCCC(c1ccccc1)c1ccccc1. The number of carboxylic acids is 2. The molecule has 9 nitrogen and oxygen atoms in total. The van der Waals surface area contributed by atoms with E-state index in [1.54, 1.807) is 18.7 Å². The highest BCUT2D eigenvalue weighted by Gasteiger charge is 2.43. The number of non-ortho nitro benzene ring substituents is 1. The first-order valence-corrected chi connectivity index (χ1v) is 14.2. The average Bonchev–Trinajstić information content (AvgIpc) is 2.97. The number of nitro benzene ring substituents is 1. The fourth-order valence-electron chi connectivity index (χ4n) is 6.29. The van der Waals surface area contributed by atoms with Crippen molar-refractivity contribution >= 4 is 17.6 Å². The molecule has 3 aromatic carbocycles. The molecule has 4 rings (SSSR count). The summed E-state index contributed by atoms with van der Waals surface area (Å²) in [7, 11) is 0. The molecule has 9 heteroatoms. The van der Waals surface area contributed by atoms with E-state index in [1.165, 1.54) is 35.4 Å². The highest BCUT2D eigenvalue weighted by molar-refractivity contribution is 5.98. The predicted octanol–water partition coefficient (Wildman–Crippen LogP) is 6.30. The lowest BCUT2D eigenvalue weighted by molar-refractivity contribution is -0.384. The fourth-order valence-corrected chi connectivity index (χ4v) is 6.29. The number of nitrogens with zero attached hydrogens (tertiary/aromatic N) is 2. The van der Waals surface area contributed by atoms with Crippen LogP contribution in [0, 0.1) is 10.1 Å². The lowest BCUT2D eigenvalue weighted by Crippen LogP contribution is -2.51. The van der Waals surface area contributed by atoms with Crippen molar-refractivity contribution in [1.29, 1.82) is 0 Å². The summed E-state index contributed by atoms with van der Waals surface area (Å²) >= 11 is 0. The number of nitro groups is 1. The van der Waals surface area contributed by atoms with Crippen LogP contribution in [0.4, 0.5) is 5.69 Å². The van der Waals surface area contributed by atoms with Crippen molar-refractivity contribution in [2.75, 3.05) is 13.1 Å². The Kier molecular flexibility index (Phi) is 9.46. The second-order valence-electron chi connectivity index (χ2n) is 11.4. The summed E-state index contributed by atoms with van der Waals surface area (Å²) in [6.07, 6.45) is 0.823. The summed E-state index contributed by atoms with van der Waals surface area (Å²) in [5.74, 6) is -3.54. The van der Waals surface area contributed by atoms with Gasteiger partial charge in [-0.15, -0.1) is 0 Å². The number of allylic oxidation sites excluding steroid dienone is 2. The third kappa shape index (κ3) is 6.67. The minimum atomic E-state index is -1.28. The molecule has 1 heterocycles. The van der Waals surface area contributed by atoms with Gasteiger partial charge in [0.05, 0.1) is 27.5 Å². The zero-order valence-electron chi connectivity index (χ0n) is 24.8. The molecule has 0 atom stereocenters. The van der Waals surface area contributed by atoms with Crippen molar-refractivity contribution in [3.05, 3.63) is 134 Å². The van der Waals surface area contributed by atoms with Gasteiger partial charge in [-0.2, -0.15) is 0 Å². The summed E-state index contributed by atoms with van der Waals surface area (Å²) in [5.41, 5.74) is 2.27. The number of aliphatic carboxylic acids is 2. The van der Waals surface area contributed by atoms with Crippen LogP contribution in [-0.2, 0) is 9.59 Å². The molecule has 0 amide bonds. The average molecular weight is 584 g/mol. The monoisotopic (exact) mass is 583 g/mol. The zero-order chi connectivity index (χ0) is 31.3. The van der Waals surface area contributed by atoms with E-state index in [-0.39, 0.29) is 28.3 Å². The molecule has 0 aromatic heterocycles. The van der Waals surface area contributed by atoms with Crippen molar-refractivity contribution in [1.82, 2.24) is 10.2 Å². The Morgan fingerprint density at radius 1 is 0.884 bits per heavy atom. The lowest BCUT2D eigenvalue weighted by atomic mass is 9.78.